The van der Waals surface area contributed by atoms with Crippen LogP contribution in [0, 0.1) is 5.92 Å². The van der Waals surface area contributed by atoms with Crippen LogP contribution >= 0.6 is 11.6 Å². The largest absolute Gasteiger partial charge is 0.492 e. The van der Waals surface area contributed by atoms with Crippen molar-refractivity contribution < 1.29 is 14.6 Å². The van der Waals surface area contributed by atoms with E-state index in [1.165, 1.54) is 5.56 Å². The Kier molecular flexibility index (Phi) is 6.38. The molecular formula is C23H27ClN2O3. The van der Waals surface area contributed by atoms with E-state index < -0.39 is 0 Å². The maximum Gasteiger partial charge on any atom is 0.227 e. The van der Waals surface area contributed by atoms with Crippen LogP contribution in [0.25, 0.3) is 0 Å². The minimum atomic E-state index is -0.199. The van der Waals surface area contributed by atoms with Crippen molar-refractivity contribution in [3.63, 3.8) is 0 Å². The van der Waals surface area contributed by atoms with E-state index in [0.29, 0.717) is 24.6 Å². The molecule has 2 aliphatic heterocycles. The number of piperidine rings is 1. The Labute approximate surface area is 176 Å². The van der Waals surface area contributed by atoms with E-state index in [9.17, 15) is 9.90 Å². The highest BCUT2D eigenvalue weighted by atomic mass is 35.5. The molecule has 1 unspecified atom stereocenters. The summed E-state index contributed by atoms with van der Waals surface area (Å²) in [6.07, 6.45) is 2.21. The van der Waals surface area contributed by atoms with Gasteiger partial charge in [-0.25, -0.2) is 0 Å². The molecule has 5 nitrogen and oxygen atoms in total. The summed E-state index contributed by atoms with van der Waals surface area (Å²) in [4.78, 5) is 14.9. The van der Waals surface area contributed by atoms with Gasteiger partial charge in [-0.3, -0.25) is 9.69 Å². The van der Waals surface area contributed by atoms with Crippen molar-refractivity contribution in [3.8, 4) is 5.75 Å². The zero-order valence-electron chi connectivity index (χ0n) is 16.4. The van der Waals surface area contributed by atoms with Gasteiger partial charge in [0.05, 0.1) is 12.0 Å². The third-order valence-corrected chi connectivity index (χ3v) is 5.99. The van der Waals surface area contributed by atoms with Crippen LogP contribution in [0.4, 0.5) is 0 Å². The van der Waals surface area contributed by atoms with Gasteiger partial charge in [0.15, 0.2) is 0 Å². The molecule has 29 heavy (non-hydrogen) atoms. The van der Waals surface area contributed by atoms with Crippen LogP contribution in [-0.2, 0) is 24.3 Å². The highest BCUT2D eigenvalue weighted by Gasteiger charge is 2.26. The van der Waals surface area contributed by atoms with Crippen LogP contribution in [0.2, 0.25) is 5.02 Å². The quantitative estimate of drug-likeness (QED) is 0.788. The van der Waals surface area contributed by atoms with Gasteiger partial charge < -0.3 is 15.2 Å². The van der Waals surface area contributed by atoms with Crippen molar-refractivity contribution >= 4 is 17.5 Å². The molecule has 1 amide bonds. The summed E-state index contributed by atoms with van der Waals surface area (Å²) in [7, 11) is 0. The Balaban J connectivity index is 1.26. The molecule has 2 heterocycles. The van der Waals surface area contributed by atoms with Crippen LogP contribution in [0.3, 0.4) is 0 Å². The number of aliphatic hydroxyl groups is 1. The second kappa shape index (κ2) is 9.16. The maximum atomic E-state index is 12.6. The second-order valence-corrected chi connectivity index (χ2v) is 8.44. The van der Waals surface area contributed by atoms with Crippen LogP contribution in [0.5, 0.6) is 5.75 Å². The van der Waals surface area contributed by atoms with E-state index in [1.54, 1.807) is 6.07 Å². The van der Waals surface area contributed by atoms with Gasteiger partial charge in [-0.2, -0.15) is 0 Å². The van der Waals surface area contributed by atoms with Crippen molar-refractivity contribution in [2.75, 3.05) is 19.7 Å². The molecule has 0 radical (unpaired) electrons. The molecule has 2 N–H and O–H groups in total. The summed E-state index contributed by atoms with van der Waals surface area (Å²) >= 11 is 6.06. The molecule has 154 valence electrons. The molecule has 1 saturated heterocycles. The van der Waals surface area contributed by atoms with Crippen molar-refractivity contribution in [1.82, 2.24) is 10.2 Å². The number of halogens is 1. The smallest absolute Gasteiger partial charge is 0.227 e. The molecule has 0 saturated carbocycles. The van der Waals surface area contributed by atoms with E-state index in [2.05, 4.69) is 34.5 Å². The van der Waals surface area contributed by atoms with Crippen molar-refractivity contribution in [2.24, 2.45) is 5.92 Å². The van der Waals surface area contributed by atoms with Gasteiger partial charge in [0.2, 0.25) is 5.91 Å². The maximum absolute atomic E-state index is 12.6. The number of hydrogen-bond donors (Lipinski definition) is 2. The number of rotatable bonds is 5. The van der Waals surface area contributed by atoms with E-state index in [1.807, 2.05) is 12.1 Å². The summed E-state index contributed by atoms with van der Waals surface area (Å²) in [5.41, 5.74) is 3.32. The fourth-order valence-electron chi connectivity index (χ4n) is 3.96. The molecule has 4 rings (SSSR count). The summed E-state index contributed by atoms with van der Waals surface area (Å²) in [5.74, 6) is 0.624. The van der Waals surface area contributed by atoms with Crippen molar-refractivity contribution in [1.29, 1.82) is 0 Å². The minimum Gasteiger partial charge on any atom is -0.492 e. The Hall–Kier alpha value is -2.08. The number of nitrogens with one attached hydrogen (secondary N) is 1. The molecule has 0 aliphatic carbocycles. The number of carbonyl (C=O) groups is 1. The number of amides is 1. The molecule has 1 fully saturated rings. The summed E-state index contributed by atoms with van der Waals surface area (Å²) in [6, 6.07) is 13.9. The zero-order valence-corrected chi connectivity index (χ0v) is 17.2. The number of carbonyl (C=O) groups excluding carboxylic acids is 1. The zero-order chi connectivity index (χ0) is 20.2. The van der Waals surface area contributed by atoms with Crippen LogP contribution in [-0.4, -0.2) is 41.7 Å². The minimum absolute atomic E-state index is 0.00609. The molecule has 1 atom stereocenters. The number of aliphatic hydroxyl groups excluding tert-OH is 1. The topological polar surface area (TPSA) is 61.8 Å². The van der Waals surface area contributed by atoms with Crippen LogP contribution in [0.1, 0.15) is 29.5 Å². The molecule has 0 bridgehead atoms. The van der Waals surface area contributed by atoms with Gasteiger partial charge in [-0.1, -0.05) is 35.9 Å². The number of hydrogen-bond acceptors (Lipinski definition) is 4. The lowest BCUT2D eigenvalue weighted by Crippen LogP contribution is -2.37. The highest BCUT2D eigenvalue weighted by molar-refractivity contribution is 6.30. The first-order chi connectivity index (χ1) is 14.1. The molecule has 2 aromatic rings. The summed E-state index contributed by atoms with van der Waals surface area (Å²) in [6.45, 7) is 3.69. The Morgan fingerprint density at radius 3 is 2.62 bits per heavy atom. The van der Waals surface area contributed by atoms with Crippen LogP contribution < -0.4 is 10.1 Å². The number of ether oxygens (including phenoxy) is 1. The van der Waals surface area contributed by atoms with Gasteiger partial charge in [-0.05, 0) is 54.2 Å². The number of nitrogens with zero attached hydrogens (tertiary/aromatic N) is 1. The molecule has 0 aromatic heterocycles. The second-order valence-electron chi connectivity index (χ2n) is 8.01. The first kappa shape index (κ1) is 20.2. The third kappa shape index (κ3) is 5.30. The van der Waals surface area contributed by atoms with Gasteiger partial charge in [0, 0.05) is 31.2 Å². The third-order valence-electron chi connectivity index (χ3n) is 5.75. The fraction of sp³-hybridized carbons (Fsp3) is 0.435. The molecule has 2 aromatic carbocycles. The monoisotopic (exact) mass is 414 g/mol. The predicted octanol–water partition coefficient (Wildman–Crippen LogP) is 3.16. The molecule has 6 heteroatoms. The number of fused-ring (bicyclic) bond motifs is 1. The average Bonchev–Trinajstić information content (AvgIpc) is 2.74. The van der Waals surface area contributed by atoms with Gasteiger partial charge in [0.25, 0.3) is 0 Å². The van der Waals surface area contributed by atoms with Crippen molar-refractivity contribution in [3.05, 3.63) is 64.2 Å². The van der Waals surface area contributed by atoms with Gasteiger partial charge >= 0.3 is 0 Å². The van der Waals surface area contributed by atoms with Crippen molar-refractivity contribution in [2.45, 2.75) is 38.5 Å². The Morgan fingerprint density at radius 1 is 1.14 bits per heavy atom. The number of likely N-dealkylation sites (tertiary alicyclic amines) is 1. The Morgan fingerprint density at radius 2 is 1.86 bits per heavy atom. The molecule has 0 spiro atoms. The molecule has 2 aliphatic rings. The number of benzene rings is 2. The fourth-order valence-corrected chi connectivity index (χ4v) is 4.16. The predicted molar refractivity (Wildman–Crippen MR) is 113 cm³/mol. The normalized spacial score (nSPS) is 20.0. The summed E-state index contributed by atoms with van der Waals surface area (Å²) < 4.78 is 5.72. The van der Waals surface area contributed by atoms with E-state index >= 15 is 0 Å². The Bertz CT molecular complexity index is 848. The van der Waals surface area contributed by atoms with Gasteiger partial charge in [-0.15, -0.1) is 0 Å². The lowest BCUT2D eigenvalue weighted by molar-refractivity contribution is -0.126. The van der Waals surface area contributed by atoms with E-state index in [4.69, 9.17) is 16.3 Å². The van der Waals surface area contributed by atoms with Crippen LogP contribution in [0.15, 0.2) is 42.5 Å². The molecular weight excluding hydrogens is 388 g/mol. The lowest BCUT2D eigenvalue weighted by atomic mass is 9.96. The highest BCUT2D eigenvalue weighted by Crippen LogP contribution is 2.29. The first-order valence-electron chi connectivity index (χ1n) is 10.2. The first-order valence-corrected chi connectivity index (χ1v) is 10.6. The summed E-state index contributed by atoms with van der Waals surface area (Å²) in [5, 5.41) is 13.3. The SMILES string of the molecule is O=C(NCc1ccc(CN2CCC(O)CC2)cc1)C1COc2ccc(Cl)cc2C1. The lowest BCUT2D eigenvalue weighted by Gasteiger charge is -2.29. The average molecular weight is 415 g/mol. The van der Waals surface area contributed by atoms with Gasteiger partial charge in [0.1, 0.15) is 12.4 Å². The van der Waals surface area contributed by atoms with E-state index in [-0.39, 0.29) is 17.9 Å². The standard InChI is InChI=1S/C23H27ClN2O3/c24-20-5-6-22-18(12-20)11-19(15-29-22)23(28)25-13-16-1-3-17(4-2-16)14-26-9-7-21(27)8-10-26/h1-6,12,19,21,27H,7-11,13-15H2,(H,25,28). The van der Waals surface area contributed by atoms with E-state index in [0.717, 1.165) is 49.4 Å².